The summed E-state index contributed by atoms with van der Waals surface area (Å²) in [6.45, 7) is 4.40. The first-order chi connectivity index (χ1) is 6.29. The molecule has 0 radical (unpaired) electrons. The van der Waals surface area contributed by atoms with Crippen molar-refractivity contribution >= 4 is 12.0 Å². The predicted octanol–water partition coefficient (Wildman–Crippen LogP) is 3.93. The Hall–Kier alpha value is -0.370. The molecule has 0 aromatic carbocycles. The molecule has 0 N–H and O–H groups in total. The lowest BCUT2D eigenvalue weighted by molar-refractivity contribution is 0.440. The first-order valence-corrected chi connectivity index (χ1v) is 6.06. The van der Waals surface area contributed by atoms with Crippen molar-refractivity contribution < 1.29 is 4.18 Å². The molecule has 74 valence electrons. The van der Waals surface area contributed by atoms with Crippen LogP contribution in [0.1, 0.15) is 33.1 Å². The number of unbranched alkanes of at least 4 members (excludes halogenated alkanes) is 1. The van der Waals surface area contributed by atoms with Gasteiger partial charge >= 0.3 is 0 Å². The van der Waals surface area contributed by atoms with Crippen molar-refractivity contribution in [3.8, 4) is 0 Å². The Labute approximate surface area is 85.4 Å². The highest BCUT2D eigenvalue weighted by Gasteiger charge is 2.17. The number of hydrogen-bond donors (Lipinski definition) is 0. The smallest absolute Gasteiger partial charge is 0.124 e. The van der Waals surface area contributed by atoms with Crippen molar-refractivity contribution in [2.75, 3.05) is 6.26 Å². The predicted molar refractivity (Wildman–Crippen MR) is 59.5 cm³/mol. The van der Waals surface area contributed by atoms with Gasteiger partial charge in [0.15, 0.2) is 0 Å². The van der Waals surface area contributed by atoms with E-state index in [2.05, 4.69) is 26.0 Å². The van der Waals surface area contributed by atoms with E-state index in [1.807, 2.05) is 6.26 Å². The molecule has 0 aliphatic heterocycles. The van der Waals surface area contributed by atoms with Gasteiger partial charge in [-0.05, 0) is 18.4 Å². The standard InChI is InChI=1S/C11H18OS/c1-4-5-6-10-8-7-9(2)11(10)12-13-3/h7-9H,4-6H2,1-3H3. The molecule has 1 rings (SSSR count). The number of allylic oxidation sites excluding steroid dienone is 3. The average Bonchev–Trinajstić information content (AvgIpc) is 2.46. The fourth-order valence-electron chi connectivity index (χ4n) is 1.52. The Kier molecular flexibility index (Phi) is 4.43. The molecular weight excluding hydrogens is 180 g/mol. The van der Waals surface area contributed by atoms with Crippen LogP contribution in [0.25, 0.3) is 0 Å². The molecule has 13 heavy (non-hydrogen) atoms. The van der Waals surface area contributed by atoms with Crippen LogP contribution in [0.15, 0.2) is 23.5 Å². The molecule has 0 aromatic heterocycles. The van der Waals surface area contributed by atoms with Gasteiger partial charge in [-0.15, -0.1) is 0 Å². The van der Waals surface area contributed by atoms with E-state index in [0.29, 0.717) is 5.92 Å². The summed E-state index contributed by atoms with van der Waals surface area (Å²) in [6.07, 6.45) is 10.1. The van der Waals surface area contributed by atoms with Gasteiger partial charge in [-0.3, -0.25) is 0 Å². The molecule has 1 nitrogen and oxygen atoms in total. The zero-order valence-corrected chi connectivity index (χ0v) is 9.49. The summed E-state index contributed by atoms with van der Waals surface area (Å²) >= 11 is 1.44. The third kappa shape index (κ3) is 2.80. The number of rotatable bonds is 5. The lowest BCUT2D eigenvalue weighted by atomic mass is 10.1. The Bertz CT molecular complexity index is 218. The van der Waals surface area contributed by atoms with Gasteiger partial charge in [-0.25, -0.2) is 0 Å². The van der Waals surface area contributed by atoms with E-state index in [0.717, 1.165) is 6.42 Å². The molecular formula is C11H18OS. The second kappa shape index (κ2) is 5.38. The van der Waals surface area contributed by atoms with Gasteiger partial charge < -0.3 is 4.18 Å². The second-order valence-corrected chi connectivity index (χ2v) is 3.89. The highest BCUT2D eigenvalue weighted by molar-refractivity contribution is 7.94. The molecule has 0 spiro atoms. The highest BCUT2D eigenvalue weighted by atomic mass is 32.2. The lowest BCUT2D eigenvalue weighted by Crippen LogP contribution is -1.95. The Balaban J connectivity index is 2.58. The van der Waals surface area contributed by atoms with Crippen molar-refractivity contribution in [3.63, 3.8) is 0 Å². The summed E-state index contributed by atoms with van der Waals surface area (Å²) < 4.78 is 5.56. The van der Waals surface area contributed by atoms with Crippen LogP contribution in [0.2, 0.25) is 0 Å². The van der Waals surface area contributed by atoms with Crippen LogP contribution in [0.5, 0.6) is 0 Å². The maximum atomic E-state index is 5.56. The van der Waals surface area contributed by atoms with E-state index >= 15 is 0 Å². The summed E-state index contributed by atoms with van der Waals surface area (Å²) in [5.74, 6) is 1.64. The molecule has 0 heterocycles. The van der Waals surface area contributed by atoms with Crippen LogP contribution >= 0.6 is 12.0 Å². The first-order valence-electron chi connectivity index (χ1n) is 4.91. The second-order valence-electron chi connectivity index (χ2n) is 3.39. The summed E-state index contributed by atoms with van der Waals surface area (Å²) in [5, 5.41) is 0. The molecule has 0 aromatic rings. The molecule has 2 heteroatoms. The molecule has 0 saturated heterocycles. The van der Waals surface area contributed by atoms with Crippen molar-refractivity contribution in [3.05, 3.63) is 23.5 Å². The molecule has 0 amide bonds. The maximum absolute atomic E-state index is 5.56. The van der Waals surface area contributed by atoms with Crippen LogP contribution in [0.4, 0.5) is 0 Å². The molecule has 1 unspecified atom stereocenters. The maximum Gasteiger partial charge on any atom is 0.124 e. The normalized spacial score (nSPS) is 21.3. The van der Waals surface area contributed by atoms with Crippen molar-refractivity contribution in [2.24, 2.45) is 5.92 Å². The Morgan fingerprint density at radius 2 is 2.31 bits per heavy atom. The molecule has 1 aliphatic rings. The largest absolute Gasteiger partial charge is 0.430 e. The van der Waals surface area contributed by atoms with Crippen molar-refractivity contribution in [2.45, 2.75) is 33.1 Å². The van der Waals surface area contributed by atoms with Gasteiger partial charge in [0.2, 0.25) is 0 Å². The minimum Gasteiger partial charge on any atom is -0.430 e. The van der Waals surface area contributed by atoms with Crippen LogP contribution < -0.4 is 0 Å². The van der Waals surface area contributed by atoms with E-state index < -0.39 is 0 Å². The summed E-state index contributed by atoms with van der Waals surface area (Å²) in [5.41, 5.74) is 1.39. The van der Waals surface area contributed by atoms with Crippen LogP contribution in [-0.2, 0) is 4.18 Å². The lowest BCUT2D eigenvalue weighted by Gasteiger charge is -2.10. The van der Waals surface area contributed by atoms with E-state index in [1.54, 1.807) is 0 Å². The molecule has 1 atom stereocenters. The Morgan fingerprint density at radius 3 is 2.92 bits per heavy atom. The fourth-order valence-corrected chi connectivity index (χ4v) is 1.95. The third-order valence-corrected chi connectivity index (χ3v) is 2.64. The van der Waals surface area contributed by atoms with Crippen LogP contribution in [0.3, 0.4) is 0 Å². The minimum atomic E-state index is 0.472. The van der Waals surface area contributed by atoms with Gasteiger partial charge in [0.25, 0.3) is 0 Å². The van der Waals surface area contributed by atoms with Gasteiger partial charge in [0.1, 0.15) is 5.76 Å². The van der Waals surface area contributed by atoms with Crippen molar-refractivity contribution in [1.29, 1.82) is 0 Å². The molecule has 0 saturated carbocycles. The summed E-state index contributed by atoms with van der Waals surface area (Å²) in [7, 11) is 0. The SMILES string of the molecule is CCCCC1=C(OSC)C(C)C=C1. The van der Waals surface area contributed by atoms with Gasteiger partial charge in [0.05, 0.1) is 12.0 Å². The highest BCUT2D eigenvalue weighted by Crippen LogP contribution is 2.31. The van der Waals surface area contributed by atoms with Crippen LogP contribution in [-0.4, -0.2) is 6.26 Å². The number of hydrogen-bond acceptors (Lipinski definition) is 2. The molecule has 0 bridgehead atoms. The summed E-state index contributed by atoms with van der Waals surface area (Å²) in [6, 6.07) is 0. The third-order valence-electron chi connectivity index (χ3n) is 2.29. The van der Waals surface area contributed by atoms with E-state index in [-0.39, 0.29) is 0 Å². The fraction of sp³-hybridized carbons (Fsp3) is 0.636. The Morgan fingerprint density at radius 1 is 1.54 bits per heavy atom. The molecule has 0 fully saturated rings. The van der Waals surface area contributed by atoms with E-state index in [9.17, 15) is 0 Å². The minimum absolute atomic E-state index is 0.472. The monoisotopic (exact) mass is 198 g/mol. The van der Waals surface area contributed by atoms with Gasteiger partial charge in [0, 0.05) is 12.2 Å². The quantitative estimate of drug-likeness (QED) is 0.619. The molecule has 1 aliphatic carbocycles. The van der Waals surface area contributed by atoms with E-state index in [1.165, 1.54) is 36.2 Å². The van der Waals surface area contributed by atoms with E-state index in [4.69, 9.17) is 4.18 Å². The topological polar surface area (TPSA) is 9.23 Å². The van der Waals surface area contributed by atoms with Gasteiger partial charge in [-0.1, -0.05) is 32.4 Å². The zero-order chi connectivity index (χ0) is 9.68. The van der Waals surface area contributed by atoms with Gasteiger partial charge in [-0.2, -0.15) is 0 Å². The first kappa shape index (κ1) is 10.7. The zero-order valence-electron chi connectivity index (χ0n) is 8.67. The van der Waals surface area contributed by atoms with Crippen molar-refractivity contribution in [1.82, 2.24) is 0 Å². The average molecular weight is 198 g/mol. The van der Waals surface area contributed by atoms with Crippen LogP contribution in [0, 0.1) is 5.92 Å². The summed E-state index contributed by atoms with van der Waals surface area (Å²) in [4.78, 5) is 0.